The second-order valence-corrected chi connectivity index (χ2v) is 8.63. The third-order valence-corrected chi connectivity index (χ3v) is 6.53. The highest BCUT2D eigenvalue weighted by atomic mass is 19.1. The molecule has 2 N–H and O–H groups in total. The second-order valence-electron chi connectivity index (χ2n) is 8.63. The van der Waals surface area contributed by atoms with Gasteiger partial charge in [-0.15, -0.1) is 0 Å². The Morgan fingerprint density at radius 1 is 1.18 bits per heavy atom. The molecule has 1 aromatic carbocycles. The summed E-state index contributed by atoms with van der Waals surface area (Å²) in [7, 11) is 0. The number of nitrogens with one attached hydrogen (secondary N) is 1. The van der Waals surface area contributed by atoms with Gasteiger partial charge in [0, 0.05) is 29.6 Å². The number of pyridine rings is 1. The number of carbonyl (C=O) groups excluding carboxylic acids is 2. The smallest absolute Gasteiger partial charge is 0.345 e. The topological polar surface area (TPSA) is 128 Å². The van der Waals surface area contributed by atoms with Crippen molar-refractivity contribution in [3.63, 3.8) is 0 Å². The number of carbonyl (C=O) groups is 2. The molecule has 0 bridgehead atoms. The minimum atomic E-state index is -1.69. The summed E-state index contributed by atoms with van der Waals surface area (Å²) in [5, 5.41) is 25.1. The van der Waals surface area contributed by atoms with Crippen LogP contribution in [0.3, 0.4) is 0 Å². The van der Waals surface area contributed by atoms with Crippen LogP contribution < -0.4 is 10.0 Å². The Balaban J connectivity index is 1.27. The van der Waals surface area contributed by atoms with Crippen LogP contribution in [0, 0.1) is 5.21 Å². The normalized spacial score (nSPS) is 23.4. The minimum absolute atomic E-state index is 0.0294. The van der Waals surface area contributed by atoms with Crippen LogP contribution in [0.15, 0.2) is 55.1 Å². The lowest BCUT2D eigenvalue weighted by Crippen LogP contribution is -2.49. The van der Waals surface area contributed by atoms with Gasteiger partial charge in [0.2, 0.25) is 5.95 Å². The minimum Gasteiger partial charge on any atom is -0.619 e. The van der Waals surface area contributed by atoms with E-state index in [1.54, 1.807) is 30.3 Å². The molecule has 1 aliphatic carbocycles. The molecule has 1 spiro atoms. The third kappa shape index (κ3) is 3.75. The van der Waals surface area contributed by atoms with E-state index in [-0.39, 0.29) is 37.2 Å². The van der Waals surface area contributed by atoms with E-state index in [1.165, 1.54) is 24.8 Å². The van der Waals surface area contributed by atoms with Crippen molar-refractivity contribution >= 4 is 17.8 Å². The maximum atomic E-state index is 12.9. The number of halogens is 1. The Morgan fingerprint density at radius 3 is 2.62 bits per heavy atom. The number of fused-ring (bicyclic) bond motifs is 2. The van der Waals surface area contributed by atoms with Crippen LogP contribution in [0.4, 0.5) is 10.3 Å². The van der Waals surface area contributed by atoms with Crippen LogP contribution >= 0.6 is 0 Å². The molecule has 0 unspecified atom stereocenters. The zero-order chi connectivity index (χ0) is 23.9. The maximum absolute atomic E-state index is 12.9. The molecule has 1 amide bonds. The highest BCUT2D eigenvalue weighted by Gasteiger charge is 2.53. The number of esters is 1. The van der Waals surface area contributed by atoms with Crippen molar-refractivity contribution in [1.29, 1.82) is 0 Å². The molecule has 0 atom stereocenters. The summed E-state index contributed by atoms with van der Waals surface area (Å²) in [5.41, 5.74) is 0.103. The molecular weight excluding hydrogens is 443 g/mol. The van der Waals surface area contributed by atoms with E-state index < -0.39 is 29.8 Å². The summed E-state index contributed by atoms with van der Waals surface area (Å²) in [6.45, 7) is -0.577. The van der Waals surface area contributed by atoms with E-state index in [9.17, 15) is 24.3 Å². The van der Waals surface area contributed by atoms with Gasteiger partial charge in [0.15, 0.2) is 12.4 Å². The summed E-state index contributed by atoms with van der Waals surface area (Å²) >= 11 is 0. The Labute approximate surface area is 193 Å². The fourth-order valence-corrected chi connectivity index (χ4v) is 4.58. The number of nitrogens with zero attached hydrogens (tertiary/aromatic N) is 3. The number of aromatic nitrogens is 3. The van der Waals surface area contributed by atoms with E-state index in [0.717, 1.165) is 5.56 Å². The molecule has 1 fully saturated rings. The van der Waals surface area contributed by atoms with Crippen LogP contribution in [0.5, 0.6) is 0 Å². The molecule has 0 radical (unpaired) electrons. The van der Waals surface area contributed by atoms with E-state index in [2.05, 4.69) is 15.3 Å². The fraction of sp³-hybridized carbons (Fsp3) is 0.292. The maximum Gasteiger partial charge on any atom is 0.345 e. The van der Waals surface area contributed by atoms with Gasteiger partial charge < -0.3 is 15.1 Å². The monoisotopic (exact) mass is 464 g/mol. The average Bonchev–Trinajstić information content (AvgIpc) is 3.12. The molecule has 1 saturated carbocycles. The van der Waals surface area contributed by atoms with Gasteiger partial charge in [-0.25, -0.2) is 19.2 Å². The number of benzene rings is 1. The predicted octanol–water partition coefficient (Wildman–Crippen LogP) is 2.56. The number of alkyl halides is 1. The van der Waals surface area contributed by atoms with Crippen LogP contribution in [0.25, 0.3) is 11.1 Å². The molecule has 5 rings (SSSR count). The molecular formula is C24H21FN4O5. The van der Waals surface area contributed by atoms with Gasteiger partial charge in [-0.2, -0.15) is 4.73 Å². The zero-order valence-electron chi connectivity index (χ0n) is 18.0. The molecule has 9 nitrogen and oxygen atoms in total. The van der Waals surface area contributed by atoms with E-state index in [0.29, 0.717) is 21.4 Å². The molecule has 3 aromatic rings. The number of ether oxygens (including phenoxy) is 1. The SMILES string of the molecule is O=C1O[C@]2(CC[C@@](O)(C(=O)Nc3ncc(-c4cccc(CF)c4)cn3)CC2)c2cc[n+]([O-])cc21. The van der Waals surface area contributed by atoms with E-state index in [1.807, 2.05) is 0 Å². The Bertz CT molecular complexity index is 1270. The first-order chi connectivity index (χ1) is 16.3. The van der Waals surface area contributed by atoms with Gasteiger partial charge in [0.25, 0.3) is 5.91 Å². The summed E-state index contributed by atoms with van der Waals surface area (Å²) in [5.74, 6) is -1.20. The van der Waals surface area contributed by atoms with Gasteiger partial charge in [-0.05, 0) is 42.9 Å². The Hall–Kier alpha value is -3.92. The largest absolute Gasteiger partial charge is 0.619 e. The summed E-state index contributed by atoms with van der Waals surface area (Å²) in [6.07, 6.45) is 6.04. The average molecular weight is 464 g/mol. The van der Waals surface area contributed by atoms with Gasteiger partial charge in [0.1, 0.15) is 23.4 Å². The molecule has 174 valence electrons. The van der Waals surface area contributed by atoms with Gasteiger partial charge >= 0.3 is 5.97 Å². The van der Waals surface area contributed by atoms with Crippen LogP contribution in [0.1, 0.15) is 47.2 Å². The summed E-state index contributed by atoms with van der Waals surface area (Å²) in [6, 6.07) is 8.47. The highest BCUT2D eigenvalue weighted by Crippen LogP contribution is 2.49. The lowest BCUT2D eigenvalue weighted by atomic mass is 9.72. The number of hydrogen-bond acceptors (Lipinski definition) is 7. The zero-order valence-corrected chi connectivity index (χ0v) is 18.0. The third-order valence-electron chi connectivity index (χ3n) is 6.53. The number of amides is 1. The standard InChI is InChI=1S/C24H21FN4O5/c25-11-15-2-1-3-16(10-15)17-12-26-22(27-13-17)28-21(31)23(32)5-7-24(8-6-23)19-4-9-29(33)14-18(19)20(30)34-24/h1-4,9-10,12-14,32H,5-8,11H2,(H,26,27,28,31)/t23-,24-. The van der Waals surface area contributed by atoms with Gasteiger partial charge in [-0.3, -0.25) is 10.1 Å². The molecule has 1 aliphatic heterocycles. The van der Waals surface area contributed by atoms with Crippen molar-refractivity contribution in [3.8, 4) is 11.1 Å². The quantitative estimate of drug-likeness (QED) is 0.345. The van der Waals surface area contributed by atoms with Crippen molar-refractivity contribution in [2.45, 2.75) is 43.6 Å². The predicted molar refractivity (Wildman–Crippen MR) is 117 cm³/mol. The van der Waals surface area contributed by atoms with Crippen molar-refractivity contribution in [2.24, 2.45) is 0 Å². The number of rotatable bonds is 4. The van der Waals surface area contributed by atoms with Gasteiger partial charge in [-0.1, -0.05) is 18.2 Å². The number of hydrogen-bond donors (Lipinski definition) is 2. The van der Waals surface area contributed by atoms with Crippen LogP contribution in [-0.2, 0) is 21.8 Å². The van der Waals surface area contributed by atoms with E-state index >= 15 is 0 Å². The molecule has 2 aliphatic rings. The van der Waals surface area contributed by atoms with E-state index in [4.69, 9.17) is 4.74 Å². The Kier molecular flexibility index (Phi) is 5.24. The first-order valence-electron chi connectivity index (χ1n) is 10.8. The summed E-state index contributed by atoms with van der Waals surface area (Å²) in [4.78, 5) is 33.4. The van der Waals surface area contributed by atoms with Crippen LogP contribution in [0.2, 0.25) is 0 Å². The lowest BCUT2D eigenvalue weighted by Gasteiger charge is -2.40. The number of aliphatic hydroxyl groups is 1. The van der Waals surface area contributed by atoms with Crippen LogP contribution in [-0.4, -0.2) is 32.6 Å². The first kappa shape index (κ1) is 21.9. The number of anilines is 1. The van der Waals surface area contributed by atoms with Crippen molar-refractivity contribution < 1.29 is 28.6 Å². The van der Waals surface area contributed by atoms with Gasteiger partial charge in [0.05, 0.1) is 0 Å². The molecule has 0 saturated heterocycles. The molecule has 2 aromatic heterocycles. The van der Waals surface area contributed by atoms with Crippen molar-refractivity contribution in [1.82, 2.24) is 9.97 Å². The highest BCUT2D eigenvalue weighted by molar-refractivity contribution is 5.96. The van der Waals surface area contributed by atoms with Crippen molar-refractivity contribution in [2.75, 3.05) is 5.32 Å². The molecule has 10 heteroatoms. The lowest BCUT2D eigenvalue weighted by molar-refractivity contribution is -0.605. The molecule has 34 heavy (non-hydrogen) atoms. The van der Waals surface area contributed by atoms with Crippen molar-refractivity contribution in [3.05, 3.63) is 77.0 Å². The second kappa shape index (κ2) is 8.14. The summed E-state index contributed by atoms with van der Waals surface area (Å²) < 4.78 is 19.0. The Morgan fingerprint density at radius 2 is 1.91 bits per heavy atom. The first-order valence-corrected chi connectivity index (χ1v) is 10.8. The molecule has 3 heterocycles. The fourth-order valence-electron chi connectivity index (χ4n) is 4.58.